The summed E-state index contributed by atoms with van der Waals surface area (Å²) >= 11 is 0. The number of urea groups is 1. The summed E-state index contributed by atoms with van der Waals surface area (Å²) in [6.07, 6.45) is 2.58. The van der Waals surface area contributed by atoms with E-state index in [0.29, 0.717) is 24.0 Å². The van der Waals surface area contributed by atoms with Gasteiger partial charge in [0.2, 0.25) is 27.7 Å². The molecule has 2 aliphatic carbocycles. The van der Waals surface area contributed by atoms with Crippen molar-refractivity contribution in [3.8, 4) is 11.6 Å². The standard InChI is InChI=1S/C34H46N6O9S/c1-8-21-17-34(21,31(43)39-50(45,46)24-10-11-24)37-28(41)26-16-23(49-29-25-12-9-22(48-7)15-20(25)13-14-35-29)18-40(26)30(42)27(19(2)47-6)36-32(44)38-33(3,4)5/h8-9,12-15,19,21,23-24,26-27H,1,10-11,16-18H2,2-7H3,(H,37,41)(H,39,43)(H2,36,38,44)/t19-,21+,23+,26-,27-,34+/m0/s1. The molecule has 3 aliphatic rings. The number of ether oxygens (including phenoxy) is 3. The Balaban J connectivity index is 1.44. The third-order valence-electron chi connectivity index (χ3n) is 9.19. The summed E-state index contributed by atoms with van der Waals surface area (Å²) in [7, 11) is -0.937. The minimum absolute atomic E-state index is 0.00486. The molecule has 1 aromatic carbocycles. The molecular weight excluding hydrogens is 668 g/mol. The molecule has 0 radical (unpaired) electrons. The number of sulfonamides is 1. The molecule has 1 saturated heterocycles. The number of methoxy groups -OCH3 is 2. The maximum Gasteiger partial charge on any atom is 0.315 e. The van der Waals surface area contributed by atoms with Crippen LogP contribution in [0, 0.1) is 5.92 Å². The smallest absolute Gasteiger partial charge is 0.315 e. The Morgan fingerprint density at radius 3 is 2.46 bits per heavy atom. The monoisotopic (exact) mass is 714 g/mol. The zero-order chi connectivity index (χ0) is 36.6. The first-order valence-electron chi connectivity index (χ1n) is 16.5. The molecule has 3 fully saturated rings. The molecule has 0 bridgehead atoms. The summed E-state index contributed by atoms with van der Waals surface area (Å²) in [5.74, 6) is -1.76. The largest absolute Gasteiger partial charge is 0.497 e. The molecule has 4 N–H and O–H groups in total. The van der Waals surface area contributed by atoms with Crippen LogP contribution in [-0.2, 0) is 29.1 Å². The first kappa shape index (κ1) is 36.8. The van der Waals surface area contributed by atoms with E-state index in [1.54, 1.807) is 59.2 Å². The van der Waals surface area contributed by atoms with Crippen LogP contribution in [0.25, 0.3) is 10.8 Å². The van der Waals surface area contributed by atoms with E-state index in [2.05, 4.69) is 32.2 Å². The molecule has 1 aliphatic heterocycles. The van der Waals surface area contributed by atoms with E-state index in [0.717, 1.165) is 5.39 Å². The first-order valence-corrected chi connectivity index (χ1v) is 18.1. The van der Waals surface area contributed by atoms with Crippen molar-refractivity contribution in [2.75, 3.05) is 20.8 Å². The number of nitrogens with zero attached hydrogens (tertiary/aromatic N) is 2. The highest BCUT2D eigenvalue weighted by molar-refractivity contribution is 7.91. The van der Waals surface area contributed by atoms with Gasteiger partial charge in [-0.25, -0.2) is 18.2 Å². The van der Waals surface area contributed by atoms with Gasteiger partial charge < -0.3 is 35.1 Å². The van der Waals surface area contributed by atoms with Crippen molar-refractivity contribution in [2.45, 2.75) is 94.0 Å². The molecule has 0 unspecified atom stereocenters. The number of nitrogens with one attached hydrogen (secondary N) is 4. The number of hydrogen-bond donors (Lipinski definition) is 4. The number of carbonyl (C=O) groups excluding carboxylic acids is 4. The Labute approximate surface area is 291 Å². The SMILES string of the molecule is C=C[C@@H]1C[C@]1(NC(=O)[C@@H]1C[C@@H](Oc2nccc3cc(OC)ccc23)CN1C(=O)[C@@H](NC(=O)NC(C)(C)C)[C@H](C)OC)C(=O)NS(=O)(=O)C1CC1. The highest BCUT2D eigenvalue weighted by Gasteiger charge is 2.62. The van der Waals surface area contributed by atoms with E-state index in [9.17, 15) is 27.6 Å². The Hall–Kier alpha value is -4.44. The van der Waals surface area contributed by atoms with Crippen LogP contribution in [0.2, 0.25) is 0 Å². The van der Waals surface area contributed by atoms with E-state index < -0.39 is 80.3 Å². The fourth-order valence-electron chi connectivity index (χ4n) is 6.11. The third kappa shape index (κ3) is 7.96. The van der Waals surface area contributed by atoms with Gasteiger partial charge in [0, 0.05) is 36.6 Å². The van der Waals surface area contributed by atoms with Crippen LogP contribution in [0.5, 0.6) is 11.6 Å². The molecule has 5 rings (SSSR count). The molecule has 0 spiro atoms. The quantitative estimate of drug-likeness (QED) is 0.222. The lowest BCUT2D eigenvalue weighted by Gasteiger charge is -2.32. The van der Waals surface area contributed by atoms with E-state index in [1.165, 1.54) is 18.1 Å². The van der Waals surface area contributed by atoms with Gasteiger partial charge in [0.05, 0.1) is 25.0 Å². The van der Waals surface area contributed by atoms with Gasteiger partial charge in [-0.1, -0.05) is 6.08 Å². The van der Waals surface area contributed by atoms with Crippen molar-refractivity contribution < 1.29 is 41.8 Å². The predicted molar refractivity (Wildman–Crippen MR) is 184 cm³/mol. The molecule has 2 heterocycles. The fourth-order valence-corrected chi connectivity index (χ4v) is 7.48. The molecule has 272 valence electrons. The number of aromatic nitrogens is 1. The van der Waals surface area contributed by atoms with Crippen LogP contribution in [-0.4, -0.2) is 103 Å². The van der Waals surface area contributed by atoms with E-state index >= 15 is 0 Å². The van der Waals surface area contributed by atoms with E-state index in [-0.39, 0.29) is 25.3 Å². The Morgan fingerprint density at radius 2 is 1.86 bits per heavy atom. The molecule has 1 aromatic heterocycles. The minimum atomic E-state index is -3.90. The highest BCUT2D eigenvalue weighted by Crippen LogP contribution is 2.45. The van der Waals surface area contributed by atoms with Crippen LogP contribution >= 0.6 is 0 Å². The predicted octanol–water partition coefficient (Wildman–Crippen LogP) is 1.76. The van der Waals surface area contributed by atoms with Crippen LogP contribution in [0.3, 0.4) is 0 Å². The minimum Gasteiger partial charge on any atom is -0.497 e. The second-order valence-electron chi connectivity index (χ2n) is 14.1. The summed E-state index contributed by atoms with van der Waals surface area (Å²) in [6.45, 7) is 10.7. The maximum absolute atomic E-state index is 14.3. The normalized spacial score (nSPS) is 24.4. The molecule has 6 atom stereocenters. The molecule has 2 saturated carbocycles. The summed E-state index contributed by atoms with van der Waals surface area (Å²) in [5, 5.41) is 9.06. The Morgan fingerprint density at radius 1 is 1.14 bits per heavy atom. The third-order valence-corrected chi connectivity index (χ3v) is 11.0. The molecule has 16 heteroatoms. The van der Waals surface area contributed by atoms with Crippen molar-refractivity contribution in [3.63, 3.8) is 0 Å². The lowest BCUT2D eigenvalue weighted by atomic mass is 10.1. The number of likely N-dealkylation sites (tertiary alicyclic amines) is 1. The number of benzene rings is 1. The van der Waals surface area contributed by atoms with Crippen molar-refractivity contribution >= 4 is 44.5 Å². The van der Waals surface area contributed by atoms with Crippen LogP contribution in [0.15, 0.2) is 43.1 Å². The maximum atomic E-state index is 14.3. The number of carbonyl (C=O) groups is 4. The first-order chi connectivity index (χ1) is 23.5. The van der Waals surface area contributed by atoms with Crippen molar-refractivity contribution in [1.82, 2.24) is 30.6 Å². The lowest BCUT2D eigenvalue weighted by Crippen LogP contribution is -2.61. The number of hydrogen-bond acceptors (Lipinski definition) is 10. The second kappa shape index (κ2) is 14.1. The summed E-state index contributed by atoms with van der Waals surface area (Å²) in [4.78, 5) is 60.5. The van der Waals surface area contributed by atoms with Gasteiger partial charge in [0.25, 0.3) is 5.91 Å². The van der Waals surface area contributed by atoms with E-state index in [1.807, 2.05) is 6.07 Å². The van der Waals surface area contributed by atoms with Gasteiger partial charge in [0.15, 0.2) is 0 Å². The topological polar surface area (TPSA) is 194 Å². The summed E-state index contributed by atoms with van der Waals surface area (Å²) in [5.41, 5.74) is -2.17. The fraction of sp³-hybridized carbons (Fsp3) is 0.559. The molecule has 2 aromatic rings. The molecule has 5 amide bonds. The number of amides is 5. The zero-order valence-corrected chi connectivity index (χ0v) is 30.0. The Kier molecular flexibility index (Phi) is 10.4. The summed E-state index contributed by atoms with van der Waals surface area (Å²) in [6, 6.07) is 4.21. The van der Waals surface area contributed by atoms with Crippen molar-refractivity contribution in [2.24, 2.45) is 5.92 Å². The van der Waals surface area contributed by atoms with Gasteiger partial charge in [0.1, 0.15) is 29.5 Å². The number of pyridine rings is 1. The molecular formula is C34H46N6O9S. The van der Waals surface area contributed by atoms with Gasteiger partial charge in [-0.2, -0.15) is 0 Å². The molecule has 50 heavy (non-hydrogen) atoms. The highest BCUT2D eigenvalue weighted by atomic mass is 32.2. The van der Waals surface area contributed by atoms with Crippen molar-refractivity contribution in [3.05, 3.63) is 43.1 Å². The Bertz CT molecular complexity index is 1780. The average molecular weight is 715 g/mol. The van der Waals surface area contributed by atoms with Crippen LogP contribution in [0.1, 0.15) is 53.4 Å². The average Bonchev–Trinajstić information content (AvgIpc) is 3.98. The van der Waals surface area contributed by atoms with Crippen LogP contribution < -0.4 is 30.1 Å². The van der Waals surface area contributed by atoms with Gasteiger partial charge in [-0.05, 0) is 76.6 Å². The number of fused-ring (bicyclic) bond motifs is 1. The van der Waals surface area contributed by atoms with Gasteiger partial charge >= 0.3 is 6.03 Å². The van der Waals surface area contributed by atoms with Gasteiger partial charge in [-0.3, -0.25) is 19.1 Å². The van der Waals surface area contributed by atoms with Crippen LogP contribution in [0.4, 0.5) is 4.79 Å². The van der Waals surface area contributed by atoms with E-state index in [4.69, 9.17) is 14.2 Å². The second-order valence-corrected chi connectivity index (χ2v) is 16.1. The summed E-state index contributed by atoms with van der Waals surface area (Å²) < 4.78 is 44.6. The van der Waals surface area contributed by atoms with Gasteiger partial charge in [-0.15, -0.1) is 6.58 Å². The molecule has 15 nitrogen and oxygen atoms in total. The van der Waals surface area contributed by atoms with Crippen molar-refractivity contribution in [1.29, 1.82) is 0 Å². The lowest BCUT2D eigenvalue weighted by molar-refractivity contribution is -0.143. The zero-order valence-electron chi connectivity index (χ0n) is 29.1. The number of rotatable bonds is 13.